The standard InChI is InChI=1S/C30H25N7O/c1-20-7-8-23(30(38)35-24-11-9-21-5-3-13-31-28(21)16-24)15-22(20)10-12-26-18-32-29-27(6-4-14-37(26)29)34-25-17-33-36(2)19-25/h3-9,11,13-16,18-19,33-34H,17H2,1-2H3,(H,35,38). The number of amides is 1. The zero-order chi connectivity index (χ0) is 26.1. The molecule has 0 aliphatic carbocycles. The number of hydrazine groups is 1. The van der Waals surface area contributed by atoms with Crippen LogP contribution in [-0.2, 0) is 0 Å². The number of fused-ring (bicyclic) bond motifs is 2. The van der Waals surface area contributed by atoms with Crippen LogP contribution in [0.3, 0.4) is 0 Å². The van der Waals surface area contributed by atoms with E-state index in [0.29, 0.717) is 11.3 Å². The highest BCUT2D eigenvalue weighted by Gasteiger charge is 2.12. The third-order valence-electron chi connectivity index (χ3n) is 6.39. The zero-order valence-electron chi connectivity index (χ0n) is 21.0. The average molecular weight is 500 g/mol. The summed E-state index contributed by atoms with van der Waals surface area (Å²) >= 11 is 0. The molecule has 2 aromatic carbocycles. The smallest absolute Gasteiger partial charge is 0.255 e. The van der Waals surface area contributed by atoms with Crippen LogP contribution in [0.1, 0.15) is 27.2 Å². The van der Waals surface area contributed by atoms with Gasteiger partial charge in [-0.1, -0.05) is 24.1 Å². The summed E-state index contributed by atoms with van der Waals surface area (Å²) in [5.74, 6) is 6.28. The van der Waals surface area contributed by atoms with Gasteiger partial charge in [0.25, 0.3) is 5.91 Å². The molecule has 1 amide bonds. The zero-order valence-corrected chi connectivity index (χ0v) is 21.0. The van der Waals surface area contributed by atoms with E-state index in [1.165, 1.54) is 0 Å². The Morgan fingerprint density at radius 3 is 2.84 bits per heavy atom. The third-order valence-corrected chi connectivity index (χ3v) is 6.39. The maximum atomic E-state index is 13.0. The van der Waals surface area contributed by atoms with Gasteiger partial charge in [0.15, 0.2) is 5.65 Å². The summed E-state index contributed by atoms with van der Waals surface area (Å²) in [5, 5.41) is 9.35. The summed E-state index contributed by atoms with van der Waals surface area (Å²) in [6, 6.07) is 19.1. The minimum atomic E-state index is -0.199. The fourth-order valence-electron chi connectivity index (χ4n) is 4.36. The Morgan fingerprint density at radius 1 is 1.05 bits per heavy atom. The molecule has 5 aromatic rings. The van der Waals surface area contributed by atoms with E-state index in [-0.39, 0.29) is 5.91 Å². The molecule has 6 rings (SSSR count). The maximum Gasteiger partial charge on any atom is 0.255 e. The van der Waals surface area contributed by atoms with Crippen molar-refractivity contribution in [3.63, 3.8) is 0 Å². The molecule has 0 spiro atoms. The number of rotatable bonds is 4. The summed E-state index contributed by atoms with van der Waals surface area (Å²) in [6.45, 7) is 2.71. The largest absolute Gasteiger partial charge is 0.354 e. The van der Waals surface area contributed by atoms with Gasteiger partial charge < -0.3 is 15.6 Å². The van der Waals surface area contributed by atoms with Crippen molar-refractivity contribution in [1.29, 1.82) is 0 Å². The molecule has 1 aliphatic heterocycles. The molecule has 0 radical (unpaired) electrons. The topological polar surface area (TPSA) is 86.6 Å². The van der Waals surface area contributed by atoms with Gasteiger partial charge in [0, 0.05) is 53.5 Å². The first-order valence-electron chi connectivity index (χ1n) is 12.2. The number of carbonyl (C=O) groups is 1. The van der Waals surface area contributed by atoms with Crippen LogP contribution in [-0.4, -0.2) is 38.9 Å². The average Bonchev–Trinajstić information content (AvgIpc) is 3.54. The molecule has 0 atom stereocenters. The highest BCUT2D eigenvalue weighted by Crippen LogP contribution is 2.21. The monoisotopic (exact) mass is 499 g/mol. The van der Waals surface area contributed by atoms with Gasteiger partial charge in [-0.2, -0.15) is 0 Å². The number of nitrogens with one attached hydrogen (secondary N) is 3. The lowest BCUT2D eigenvalue weighted by molar-refractivity contribution is 0.102. The molecule has 3 N–H and O–H groups in total. The summed E-state index contributed by atoms with van der Waals surface area (Å²) < 4.78 is 1.96. The Hall–Kier alpha value is -5.13. The minimum Gasteiger partial charge on any atom is -0.354 e. The lowest BCUT2D eigenvalue weighted by Gasteiger charge is -2.08. The first-order chi connectivity index (χ1) is 18.5. The van der Waals surface area contributed by atoms with E-state index in [0.717, 1.165) is 51.3 Å². The Labute approximate surface area is 220 Å². The molecule has 8 nitrogen and oxygen atoms in total. The molecule has 0 saturated heterocycles. The second kappa shape index (κ2) is 9.73. The third kappa shape index (κ3) is 4.66. The molecular weight excluding hydrogens is 474 g/mol. The fourth-order valence-corrected chi connectivity index (χ4v) is 4.36. The number of imidazole rings is 1. The molecule has 186 valence electrons. The van der Waals surface area contributed by atoms with E-state index in [9.17, 15) is 4.79 Å². The highest BCUT2D eigenvalue weighted by molar-refractivity contribution is 6.05. The van der Waals surface area contributed by atoms with Gasteiger partial charge in [-0.15, -0.1) is 0 Å². The van der Waals surface area contributed by atoms with Crippen molar-refractivity contribution in [2.45, 2.75) is 6.92 Å². The number of nitrogens with zero attached hydrogens (tertiary/aromatic N) is 4. The van der Waals surface area contributed by atoms with Gasteiger partial charge in [0.2, 0.25) is 0 Å². The van der Waals surface area contributed by atoms with Crippen LogP contribution in [0.15, 0.2) is 91.2 Å². The lowest BCUT2D eigenvalue weighted by atomic mass is 10.0. The molecular formula is C30H25N7O. The summed E-state index contributed by atoms with van der Waals surface area (Å²) in [7, 11) is 1.96. The van der Waals surface area contributed by atoms with Crippen LogP contribution in [0, 0.1) is 18.8 Å². The van der Waals surface area contributed by atoms with Crippen molar-refractivity contribution in [3.8, 4) is 11.8 Å². The maximum absolute atomic E-state index is 13.0. The molecule has 3 aromatic heterocycles. The molecule has 8 heteroatoms. The molecule has 0 saturated carbocycles. The van der Waals surface area contributed by atoms with Gasteiger partial charge in [0.1, 0.15) is 5.69 Å². The molecule has 38 heavy (non-hydrogen) atoms. The normalized spacial score (nSPS) is 12.8. The number of pyridine rings is 2. The van der Waals surface area contributed by atoms with Gasteiger partial charge in [-0.3, -0.25) is 14.2 Å². The van der Waals surface area contributed by atoms with Crippen LogP contribution >= 0.6 is 0 Å². The van der Waals surface area contributed by atoms with E-state index in [1.807, 2.05) is 96.4 Å². The highest BCUT2D eigenvalue weighted by atomic mass is 16.1. The second-order valence-corrected chi connectivity index (χ2v) is 9.13. The van der Waals surface area contributed by atoms with Crippen molar-refractivity contribution < 1.29 is 4.79 Å². The summed E-state index contributed by atoms with van der Waals surface area (Å²) in [6.07, 6.45) is 7.46. The first-order valence-corrected chi connectivity index (χ1v) is 12.2. The van der Waals surface area contributed by atoms with Crippen molar-refractivity contribution in [2.24, 2.45) is 0 Å². The van der Waals surface area contributed by atoms with Crippen molar-refractivity contribution >= 4 is 33.8 Å². The number of aromatic nitrogens is 3. The molecule has 0 bridgehead atoms. The number of carbonyl (C=O) groups excluding carboxylic acids is 1. The first kappa shape index (κ1) is 23.3. The predicted octanol–water partition coefficient (Wildman–Crippen LogP) is 4.55. The Kier molecular flexibility index (Phi) is 5.96. The lowest BCUT2D eigenvalue weighted by Crippen LogP contribution is -2.24. The second-order valence-electron chi connectivity index (χ2n) is 9.13. The van der Waals surface area contributed by atoms with Crippen LogP contribution < -0.4 is 16.1 Å². The number of anilines is 2. The van der Waals surface area contributed by atoms with Crippen molar-refractivity contribution in [3.05, 3.63) is 114 Å². The summed E-state index contributed by atoms with van der Waals surface area (Å²) in [4.78, 5) is 22.0. The SMILES string of the molecule is Cc1ccc(C(=O)Nc2ccc3cccnc3c2)cc1C#Cc1cnc2c(NC3=CN(C)NC3)cccn12. The van der Waals surface area contributed by atoms with Crippen molar-refractivity contribution in [2.75, 3.05) is 24.2 Å². The Bertz CT molecular complexity index is 1790. The molecule has 1 aliphatic rings. The van der Waals surface area contributed by atoms with Crippen LogP contribution in [0.4, 0.5) is 11.4 Å². The van der Waals surface area contributed by atoms with Crippen molar-refractivity contribution in [1.82, 2.24) is 24.8 Å². The predicted molar refractivity (Wildman–Crippen MR) is 150 cm³/mol. The summed E-state index contributed by atoms with van der Waals surface area (Å²) in [5.41, 5.74) is 10.6. The minimum absolute atomic E-state index is 0.199. The quantitative estimate of drug-likeness (QED) is 0.315. The van der Waals surface area contributed by atoms with E-state index in [4.69, 9.17) is 0 Å². The number of aryl methyl sites for hydroxylation is 1. The van der Waals surface area contributed by atoms with Gasteiger partial charge in [0.05, 0.1) is 23.9 Å². The van der Waals surface area contributed by atoms with Gasteiger partial charge in [-0.25, -0.2) is 10.4 Å². The Morgan fingerprint density at radius 2 is 1.97 bits per heavy atom. The van der Waals surface area contributed by atoms with Crippen LogP contribution in [0.2, 0.25) is 0 Å². The molecule has 4 heterocycles. The van der Waals surface area contributed by atoms with Gasteiger partial charge >= 0.3 is 0 Å². The number of benzene rings is 2. The van der Waals surface area contributed by atoms with Gasteiger partial charge in [-0.05, 0) is 60.9 Å². The van der Waals surface area contributed by atoms with E-state index < -0.39 is 0 Å². The van der Waals surface area contributed by atoms with E-state index in [1.54, 1.807) is 12.4 Å². The van der Waals surface area contributed by atoms with Crippen LogP contribution in [0.25, 0.3) is 16.6 Å². The van der Waals surface area contributed by atoms with E-state index >= 15 is 0 Å². The number of hydrogen-bond acceptors (Lipinski definition) is 6. The molecule has 0 unspecified atom stereocenters. The number of hydrogen-bond donors (Lipinski definition) is 3. The van der Waals surface area contributed by atoms with E-state index in [2.05, 4.69) is 37.9 Å². The Balaban J connectivity index is 1.24. The fraction of sp³-hybridized carbons (Fsp3) is 0.100. The van der Waals surface area contributed by atoms with Crippen LogP contribution in [0.5, 0.6) is 0 Å². The molecule has 0 fully saturated rings.